The van der Waals surface area contributed by atoms with Crippen molar-refractivity contribution in [3.8, 4) is 0 Å². The van der Waals surface area contributed by atoms with Crippen LogP contribution in [-0.2, 0) is 9.53 Å². The van der Waals surface area contributed by atoms with Crippen molar-refractivity contribution in [2.45, 2.75) is 44.8 Å². The molecule has 0 saturated carbocycles. The van der Waals surface area contributed by atoms with Crippen molar-refractivity contribution in [2.24, 2.45) is 0 Å². The number of piperidine rings is 1. The number of hydrogen-bond acceptors (Lipinski definition) is 3. The Hall–Kier alpha value is -0.610. The standard InChI is InChI=1S/C12H22N2O2/c1-2-10-5-3-4-7-14(10)12(15)11-9-13-6-8-16-11/h10-11,13H,2-9H2,1H3. The van der Waals surface area contributed by atoms with Crippen LogP contribution >= 0.6 is 0 Å². The first-order valence-electron chi connectivity index (χ1n) is 6.45. The van der Waals surface area contributed by atoms with E-state index in [0.717, 1.165) is 32.4 Å². The lowest BCUT2D eigenvalue weighted by molar-refractivity contribution is -0.149. The number of nitrogens with zero attached hydrogens (tertiary/aromatic N) is 1. The summed E-state index contributed by atoms with van der Waals surface area (Å²) in [5, 5.41) is 3.22. The molecule has 4 nitrogen and oxygen atoms in total. The number of nitrogens with one attached hydrogen (secondary N) is 1. The molecule has 0 aliphatic carbocycles. The van der Waals surface area contributed by atoms with Gasteiger partial charge in [-0.1, -0.05) is 6.92 Å². The van der Waals surface area contributed by atoms with Gasteiger partial charge in [-0.05, 0) is 25.7 Å². The van der Waals surface area contributed by atoms with Crippen molar-refractivity contribution in [3.05, 3.63) is 0 Å². The molecule has 4 heteroatoms. The number of carbonyl (C=O) groups excluding carboxylic acids is 1. The van der Waals surface area contributed by atoms with Crippen LogP contribution in [-0.4, -0.2) is 49.2 Å². The molecule has 16 heavy (non-hydrogen) atoms. The third-order valence-electron chi connectivity index (χ3n) is 3.58. The Morgan fingerprint density at radius 1 is 1.50 bits per heavy atom. The predicted molar refractivity (Wildman–Crippen MR) is 62.3 cm³/mol. The average molecular weight is 226 g/mol. The number of carbonyl (C=O) groups is 1. The second-order valence-corrected chi connectivity index (χ2v) is 4.65. The van der Waals surface area contributed by atoms with E-state index < -0.39 is 0 Å². The number of amides is 1. The molecule has 0 spiro atoms. The van der Waals surface area contributed by atoms with Crippen molar-refractivity contribution in [1.82, 2.24) is 10.2 Å². The Balaban J connectivity index is 1.95. The Kier molecular flexibility index (Phi) is 4.18. The molecule has 92 valence electrons. The summed E-state index contributed by atoms with van der Waals surface area (Å²) in [4.78, 5) is 14.3. The second kappa shape index (κ2) is 5.64. The summed E-state index contributed by atoms with van der Waals surface area (Å²) >= 11 is 0. The molecule has 2 rings (SSSR count). The van der Waals surface area contributed by atoms with Gasteiger partial charge in [-0.2, -0.15) is 0 Å². The minimum Gasteiger partial charge on any atom is -0.366 e. The first-order valence-corrected chi connectivity index (χ1v) is 6.45. The Labute approximate surface area is 97.3 Å². The van der Waals surface area contributed by atoms with E-state index in [9.17, 15) is 4.79 Å². The molecule has 2 unspecified atom stereocenters. The molecule has 2 fully saturated rings. The van der Waals surface area contributed by atoms with Gasteiger partial charge in [-0.25, -0.2) is 0 Å². The maximum absolute atomic E-state index is 12.3. The fourth-order valence-electron chi connectivity index (χ4n) is 2.62. The van der Waals surface area contributed by atoms with Gasteiger partial charge in [0.15, 0.2) is 0 Å². The summed E-state index contributed by atoms with van der Waals surface area (Å²) in [6, 6.07) is 0.437. The number of likely N-dealkylation sites (tertiary alicyclic amines) is 1. The minimum atomic E-state index is -0.249. The van der Waals surface area contributed by atoms with Gasteiger partial charge >= 0.3 is 0 Å². The lowest BCUT2D eigenvalue weighted by atomic mass is 9.99. The monoisotopic (exact) mass is 226 g/mol. The summed E-state index contributed by atoms with van der Waals surface area (Å²) in [5.74, 6) is 0.193. The van der Waals surface area contributed by atoms with Crippen molar-refractivity contribution >= 4 is 5.91 Å². The molecule has 2 aliphatic rings. The van der Waals surface area contributed by atoms with Crippen molar-refractivity contribution in [2.75, 3.05) is 26.2 Å². The highest BCUT2D eigenvalue weighted by molar-refractivity contribution is 5.81. The smallest absolute Gasteiger partial charge is 0.253 e. The fourth-order valence-corrected chi connectivity index (χ4v) is 2.62. The summed E-state index contributed by atoms with van der Waals surface area (Å²) in [5.41, 5.74) is 0. The van der Waals surface area contributed by atoms with Crippen LogP contribution < -0.4 is 5.32 Å². The van der Waals surface area contributed by atoms with Crippen molar-refractivity contribution in [1.29, 1.82) is 0 Å². The highest BCUT2D eigenvalue weighted by atomic mass is 16.5. The van der Waals surface area contributed by atoms with Crippen LogP contribution in [0, 0.1) is 0 Å². The van der Waals surface area contributed by atoms with E-state index in [2.05, 4.69) is 12.2 Å². The molecule has 2 heterocycles. The molecule has 0 radical (unpaired) electrons. The van der Waals surface area contributed by atoms with E-state index in [0.29, 0.717) is 19.2 Å². The van der Waals surface area contributed by atoms with Gasteiger partial charge in [0.05, 0.1) is 6.61 Å². The maximum Gasteiger partial charge on any atom is 0.253 e. The van der Waals surface area contributed by atoms with Gasteiger partial charge in [-0.15, -0.1) is 0 Å². The lowest BCUT2D eigenvalue weighted by Crippen LogP contribution is -2.53. The summed E-state index contributed by atoms with van der Waals surface area (Å²) < 4.78 is 5.53. The Morgan fingerprint density at radius 3 is 3.06 bits per heavy atom. The maximum atomic E-state index is 12.3. The lowest BCUT2D eigenvalue weighted by Gasteiger charge is -2.38. The number of morpholine rings is 1. The van der Waals surface area contributed by atoms with E-state index in [4.69, 9.17) is 4.74 Å². The molecule has 2 atom stereocenters. The SMILES string of the molecule is CCC1CCCCN1C(=O)C1CNCCO1. The van der Waals surface area contributed by atoms with Gasteiger partial charge in [0, 0.05) is 25.7 Å². The van der Waals surface area contributed by atoms with Crippen LogP contribution in [0.5, 0.6) is 0 Å². The molecule has 0 aromatic heterocycles. The van der Waals surface area contributed by atoms with E-state index in [-0.39, 0.29) is 12.0 Å². The van der Waals surface area contributed by atoms with E-state index >= 15 is 0 Å². The minimum absolute atomic E-state index is 0.193. The zero-order chi connectivity index (χ0) is 11.4. The first kappa shape index (κ1) is 11.9. The van der Waals surface area contributed by atoms with Crippen LogP contribution in [0.4, 0.5) is 0 Å². The summed E-state index contributed by atoms with van der Waals surface area (Å²) in [6.07, 6.45) is 4.36. The molecule has 2 saturated heterocycles. The first-order chi connectivity index (χ1) is 7.83. The van der Waals surface area contributed by atoms with E-state index in [1.54, 1.807) is 0 Å². The third kappa shape index (κ3) is 2.55. The summed E-state index contributed by atoms with van der Waals surface area (Å²) in [6.45, 7) is 5.27. The summed E-state index contributed by atoms with van der Waals surface area (Å²) in [7, 11) is 0. The molecule has 1 amide bonds. The average Bonchev–Trinajstić information content (AvgIpc) is 2.39. The second-order valence-electron chi connectivity index (χ2n) is 4.65. The van der Waals surface area contributed by atoms with Crippen LogP contribution in [0.2, 0.25) is 0 Å². The fraction of sp³-hybridized carbons (Fsp3) is 0.917. The molecule has 0 bridgehead atoms. The van der Waals surface area contributed by atoms with E-state index in [1.165, 1.54) is 6.42 Å². The van der Waals surface area contributed by atoms with Crippen LogP contribution in [0.1, 0.15) is 32.6 Å². The molecule has 1 N–H and O–H groups in total. The number of ether oxygens (including phenoxy) is 1. The van der Waals surface area contributed by atoms with Gasteiger partial charge < -0.3 is 15.0 Å². The zero-order valence-electron chi connectivity index (χ0n) is 10.1. The van der Waals surface area contributed by atoms with Crippen LogP contribution in [0.25, 0.3) is 0 Å². The topological polar surface area (TPSA) is 41.6 Å². The van der Waals surface area contributed by atoms with E-state index in [1.807, 2.05) is 4.90 Å². The van der Waals surface area contributed by atoms with Gasteiger partial charge in [0.1, 0.15) is 6.10 Å². The van der Waals surface area contributed by atoms with Crippen LogP contribution in [0.15, 0.2) is 0 Å². The Morgan fingerprint density at radius 2 is 2.38 bits per heavy atom. The third-order valence-corrected chi connectivity index (χ3v) is 3.58. The number of rotatable bonds is 2. The van der Waals surface area contributed by atoms with Crippen molar-refractivity contribution in [3.63, 3.8) is 0 Å². The largest absolute Gasteiger partial charge is 0.366 e. The number of hydrogen-bond donors (Lipinski definition) is 1. The highest BCUT2D eigenvalue weighted by Crippen LogP contribution is 2.21. The molecular weight excluding hydrogens is 204 g/mol. The molecule has 0 aromatic rings. The zero-order valence-corrected chi connectivity index (χ0v) is 10.1. The Bertz CT molecular complexity index is 239. The highest BCUT2D eigenvalue weighted by Gasteiger charge is 2.31. The quantitative estimate of drug-likeness (QED) is 0.756. The molecule has 2 aliphatic heterocycles. The predicted octanol–water partition coefficient (Wildman–Crippen LogP) is 0.766. The normalized spacial score (nSPS) is 31.4. The van der Waals surface area contributed by atoms with Gasteiger partial charge in [-0.3, -0.25) is 4.79 Å². The molecule has 0 aromatic carbocycles. The van der Waals surface area contributed by atoms with Gasteiger partial charge in [0.25, 0.3) is 5.91 Å². The molecular formula is C12H22N2O2. The van der Waals surface area contributed by atoms with Crippen LogP contribution in [0.3, 0.4) is 0 Å². The van der Waals surface area contributed by atoms with Crippen molar-refractivity contribution < 1.29 is 9.53 Å². The van der Waals surface area contributed by atoms with Gasteiger partial charge in [0.2, 0.25) is 0 Å².